The van der Waals surface area contributed by atoms with Crippen LogP contribution in [0.2, 0.25) is 5.02 Å². The first-order valence-electron chi connectivity index (χ1n) is 10.2. The number of aromatic nitrogens is 2. The molecule has 0 unspecified atom stereocenters. The number of halogens is 2. The fraction of sp³-hybridized carbons (Fsp3) is 0.364. The molecule has 4 rings (SSSR count). The summed E-state index contributed by atoms with van der Waals surface area (Å²) >= 11 is 7.77. The van der Waals surface area contributed by atoms with Gasteiger partial charge in [0, 0.05) is 17.9 Å². The number of amides is 1. The van der Waals surface area contributed by atoms with Crippen molar-refractivity contribution in [1.82, 2.24) is 15.5 Å². The maximum Gasteiger partial charge on any atom is 0.246 e. The lowest BCUT2D eigenvalue weighted by atomic mass is 9.75. The number of aromatic hydroxyl groups is 1. The second-order valence-electron chi connectivity index (χ2n) is 7.85. The van der Waals surface area contributed by atoms with Crippen LogP contribution in [0.15, 0.2) is 38.0 Å². The van der Waals surface area contributed by atoms with E-state index in [1.807, 2.05) is 0 Å². The fourth-order valence-electron chi connectivity index (χ4n) is 3.89. The highest BCUT2D eigenvalue weighted by Gasteiger charge is 2.41. The van der Waals surface area contributed by atoms with E-state index in [1.165, 1.54) is 24.3 Å². The highest BCUT2D eigenvalue weighted by molar-refractivity contribution is 7.99. The van der Waals surface area contributed by atoms with Crippen LogP contribution in [-0.2, 0) is 16.8 Å². The summed E-state index contributed by atoms with van der Waals surface area (Å²) in [7, 11) is 0. The van der Waals surface area contributed by atoms with Crippen LogP contribution in [0.25, 0.3) is 11.4 Å². The van der Waals surface area contributed by atoms with Crippen molar-refractivity contribution < 1.29 is 23.2 Å². The van der Waals surface area contributed by atoms with Gasteiger partial charge in [0.1, 0.15) is 11.6 Å². The van der Waals surface area contributed by atoms with Gasteiger partial charge in [-0.3, -0.25) is 9.59 Å². The number of thioether (sulfide) groups is 1. The zero-order chi connectivity index (χ0) is 23.6. The largest absolute Gasteiger partial charge is 0.502 e. The number of nitrogens with one attached hydrogen (secondary N) is 1. The molecule has 0 saturated carbocycles. The van der Waals surface area contributed by atoms with Crippen molar-refractivity contribution in [2.75, 3.05) is 11.5 Å². The van der Waals surface area contributed by atoms with Crippen LogP contribution in [0.1, 0.15) is 36.7 Å². The van der Waals surface area contributed by atoms with Crippen LogP contribution in [0, 0.1) is 12.7 Å². The number of hydrogen-bond donors (Lipinski definition) is 2. The third kappa shape index (κ3) is 4.91. The summed E-state index contributed by atoms with van der Waals surface area (Å²) in [6.45, 7) is 1.55. The molecule has 1 fully saturated rings. The van der Waals surface area contributed by atoms with Crippen molar-refractivity contribution in [3.63, 3.8) is 0 Å². The lowest BCUT2D eigenvalue weighted by molar-refractivity contribution is -0.123. The number of rotatable bonds is 6. The Morgan fingerprint density at radius 1 is 1.36 bits per heavy atom. The first kappa shape index (κ1) is 23.3. The second-order valence-corrected chi connectivity index (χ2v) is 9.49. The number of benzene rings is 1. The van der Waals surface area contributed by atoms with Crippen molar-refractivity contribution in [1.29, 1.82) is 0 Å². The molecular formula is C22H21ClFN3O5S. The lowest BCUT2D eigenvalue weighted by Crippen LogP contribution is -2.38. The summed E-state index contributed by atoms with van der Waals surface area (Å²) in [5.41, 5.74) is -1.31. The second kappa shape index (κ2) is 9.56. The van der Waals surface area contributed by atoms with Gasteiger partial charge in [0.15, 0.2) is 5.76 Å². The Hall–Kier alpha value is -2.85. The average Bonchev–Trinajstić information content (AvgIpc) is 3.24. The number of hydrogen-bond acceptors (Lipinski definition) is 8. The van der Waals surface area contributed by atoms with Crippen LogP contribution in [0.5, 0.6) is 5.75 Å². The van der Waals surface area contributed by atoms with E-state index in [1.54, 1.807) is 18.7 Å². The first-order valence-corrected chi connectivity index (χ1v) is 11.8. The van der Waals surface area contributed by atoms with E-state index in [-0.39, 0.29) is 46.9 Å². The molecule has 2 aromatic heterocycles. The van der Waals surface area contributed by atoms with Gasteiger partial charge in [-0.1, -0.05) is 22.8 Å². The van der Waals surface area contributed by atoms with Crippen molar-refractivity contribution >= 4 is 29.3 Å². The molecule has 1 aliphatic heterocycles. The molecule has 0 atom stereocenters. The first-order chi connectivity index (χ1) is 15.8. The standard InChI is InChI=1S/C22H21ClFN3O5S/c1-12-9-15(28)19(30)20(31-12)22(5-7-33-8-6-22)10-16(29)25-11-17-26-21(27-32-17)18-13(23)3-2-4-14(18)24/h2-4,9,30H,5-8,10-11H2,1H3,(H,25,29). The van der Waals surface area contributed by atoms with Crippen molar-refractivity contribution in [3.8, 4) is 17.1 Å². The molecule has 8 nitrogen and oxygen atoms in total. The molecule has 174 valence electrons. The zero-order valence-electron chi connectivity index (χ0n) is 17.7. The number of carbonyl (C=O) groups is 1. The molecule has 2 N–H and O–H groups in total. The highest BCUT2D eigenvalue weighted by Crippen LogP contribution is 2.44. The van der Waals surface area contributed by atoms with Crippen molar-refractivity contribution in [3.05, 3.63) is 62.7 Å². The molecule has 33 heavy (non-hydrogen) atoms. The molecular weight excluding hydrogens is 473 g/mol. The summed E-state index contributed by atoms with van der Waals surface area (Å²) in [5, 5.41) is 17.0. The van der Waals surface area contributed by atoms with Crippen LogP contribution in [-0.4, -0.2) is 32.7 Å². The molecule has 0 radical (unpaired) electrons. The number of nitrogens with zero attached hydrogens (tertiary/aromatic N) is 2. The van der Waals surface area contributed by atoms with Gasteiger partial charge in [-0.05, 0) is 43.4 Å². The molecule has 11 heteroatoms. The molecule has 0 spiro atoms. The van der Waals surface area contributed by atoms with Crippen LogP contribution in [0.4, 0.5) is 4.39 Å². The Labute approximate surface area is 197 Å². The van der Waals surface area contributed by atoms with Crippen molar-refractivity contribution in [2.45, 2.75) is 38.1 Å². The Bertz CT molecular complexity index is 1220. The molecule has 3 aromatic rings. The predicted molar refractivity (Wildman–Crippen MR) is 121 cm³/mol. The van der Waals surface area contributed by atoms with Gasteiger partial charge in [0.2, 0.25) is 28.8 Å². The third-order valence-corrected chi connectivity index (χ3v) is 6.87. The predicted octanol–water partition coefficient (Wildman–Crippen LogP) is 3.97. The maximum absolute atomic E-state index is 14.1. The van der Waals surface area contributed by atoms with Gasteiger partial charge in [0.25, 0.3) is 0 Å². The maximum atomic E-state index is 14.1. The summed E-state index contributed by atoms with van der Waals surface area (Å²) in [6, 6.07) is 5.44. The molecule has 3 heterocycles. The van der Waals surface area contributed by atoms with Gasteiger partial charge < -0.3 is 19.4 Å². The molecule has 1 saturated heterocycles. The molecule has 1 aliphatic rings. The summed E-state index contributed by atoms with van der Waals surface area (Å²) < 4.78 is 25.0. The SMILES string of the molecule is Cc1cc(=O)c(O)c(C2(CC(=O)NCc3nc(-c4c(F)cccc4Cl)no3)CCSCC2)o1. The Morgan fingerprint density at radius 2 is 2.12 bits per heavy atom. The average molecular weight is 494 g/mol. The minimum Gasteiger partial charge on any atom is -0.502 e. The third-order valence-electron chi connectivity index (χ3n) is 5.57. The number of carbonyl (C=O) groups excluding carboxylic acids is 1. The normalized spacial score (nSPS) is 15.4. The molecule has 0 aliphatic carbocycles. The molecule has 0 bridgehead atoms. The smallest absolute Gasteiger partial charge is 0.246 e. The van der Waals surface area contributed by atoms with Crippen molar-refractivity contribution in [2.24, 2.45) is 0 Å². The van der Waals surface area contributed by atoms with E-state index in [0.29, 0.717) is 18.6 Å². The van der Waals surface area contributed by atoms with Gasteiger partial charge in [-0.2, -0.15) is 16.7 Å². The van der Waals surface area contributed by atoms with Gasteiger partial charge >= 0.3 is 0 Å². The van der Waals surface area contributed by atoms with Gasteiger partial charge in [-0.15, -0.1) is 0 Å². The Balaban J connectivity index is 1.50. The quantitative estimate of drug-likeness (QED) is 0.529. The molecule has 1 aromatic carbocycles. The minimum absolute atomic E-state index is 0.00759. The Kier molecular flexibility index (Phi) is 6.76. The summed E-state index contributed by atoms with van der Waals surface area (Å²) in [5.74, 6) is 0.730. The topological polar surface area (TPSA) is 118 Å². The van der Waals surface area contributed by atoms with Gasteiger partial charge in [0.05, 0.1) is 17.1 Å². The van der Waals surface area contributed by atoms with Crippen LogP contribution < -0.4 is 10.7 Å². The molecule has 1 amide bonds. The van der Waals surface area contributed by atoms with Gasteiger partial charge in [-0.25, -0.2) is 4.39 Å². The van der Waals surface area contributed by atoms with E-state index in [9.17, 15) is 19.1 Å². The summed E-state index contributed by atoms with van der Waals surface area (Å²) in [4.78, 5) is 29.1. The fourth-order valence-corrected chi connectivity index (χ4v) is 5.41. The zero-order valence-corrected chi connectivity index (χ0v) is 19.3. The van der Waals surface area contributed by atoms with E-state index < -0.39 is 22.4 Å². The van der Waals surface area contributed by atoms with Crippen LogP contribution >= 0.6 is 23.4 Å². The highest BCUT2D eigenvalue weighted by atomic mass is 35.5. The van der Waals surface area contributed by atoms with E-state index in [4.69, 9.17) is 20.5 Å². The monoisotopic (exact) mass is 493 g/mol. The van der Waals surface area contributed by atoms with E-state index in [2.05, 4.69) is 15.5 Å². The minimum atomic E-state index is -0.800. The number of aryl methyl sites for hydroxylation is 1. The summed E-state index contributed by atoms with van der Waals surface area (Å²) in [6.07, 6.45) is 1.15. The van der Waals surface area contributed by atoms with Crippen LogP contribution in [0.3, 0.4) is 0 Å². The van der Waals surface area contributed by atoms with E-state index >= 15 is 0 Å². The lowest BCUT2D eigenvalue weighted by Gasteiger charge is -2.35. The Morgan fingerprint density at radius 3 is 2.85 bits per heavy atom. The van der Waals surface area contributed by atoms with E-state index in [0.717, 1.165) is 11.5 Å².